The monoisotopic (exact) mass is 416 g/mol. The lowest BCUT2D eigenvalue weighted by Crippen LogP contribution is -2.17. The number of hydrogen-bond donors (Lipinski definition) is 1. The Morgan fingerprint density at radius 3 is 2.14 bits per heavy atom. The topological polar surface area (TPSA) is 47.3 Å². The maximum Gasteiger partial charge on any atom is 0.573 e. The van der Waals surface area contributed by atoms with Crippen LogP contribution >= 0.6 is 0 Å². The van der Waals surface area contributed by atoms with E-state index in [-0.39, 0.29) is 34.9 Å². The average molecular weight is 416 g/mol. The lowest BCUT2D eigenvalue weighted by Gasteiger charge is -2.16. The Kier molecular flexibility index (Phi) is 5.20. The Morgan fingerprint density at radius 1 is 0.966 bits per heavy atom. The number of rotatable bonds is 4. The van der Waals surface area contributed by atoms with Gasteiger partial charge in [0, 0.05) is 11.1 Å². The summed E-state index contributed by atoms with van der Waals surface area (Å²) < 4.78 is 82.5. The van der Waals surface area contributed by atoms with Gasteiger partial charge in [-0.25, -0.2) is 4.98 Å². The van der Waals surface area contributed by atoms with E-state index in [1.807, 2.05) is 0 Å². The van der Waals surface area contributed by atoms with Crippen LogP contribution in [0, 0.1) is 6.92 Å². The number of phenols is 1. The third-order valence-electron chi connectivity index (χ3n) is 4.08. The van der Waals surface area contributed by atoms with Crippen LogP contribution in [0.2, 0.25) is 0 Å². The summed E-state index contributed by atoms with van der Waals surface area (Å²) in [4.78, 5) is 3.98. The summed E-state index contributed by atoms with van der Waals surface area (Å²) in [5.74, 6) is -0.795. The lowest BCUT2D eigenvalue weighted by molar-refractivity contribution is -0.274. The molecule has 0 atom stereocenters. The average Bonchev–Trinajstić information content (AvgIpc) is 2.92. The second-order valence-corrected chi connectivity index (χ2v) is 6.15. The van der Waals surface area contributed by atoms with Gasteiger partial charge in [-0.15, -0.1) is 13.2 Å². The van der Waals surface area contributed by atoms with Crippen LogP contribution in [-0.4, -0.2) is 21.0 Å². The molecule has 0 aliphatic carbocycles. The number of halogens is 6. The number of para-hydroxylation sites is 1. The fourth-order valence-electron chi connectivity index (χ4n) is 2.93. The molecule has 0 bridgehead atoms. The smallest absolute Gasteiger partial charge is 0.508 e. The summed E-state index contributed by atoms with van der Waals surface area (Å²) >= 11 is 0. The van der Waals surface area contributed by atoms with Gasteiger partial charge >= 0.3 is 12.5 Å². The minimum atomic E-state index is -4.88. The van der Waals surface area contributed by atoms with Gasteiger partial charge in [-0.2, -0.15) is 13.2 Å². The number of ether oxygens (including phenoxy) is 1. The molecule has 3 rings (SSSR count). The maximum absolute atomic E-state index is 13.6. The number of imidazole rings is 1. The summed E-state index contributed by atoms with van der Waals surface area (Å²) in [6, 6.07) is 10.3. The van der Waals surface area contributed by atoms with Gasteiger partial charge in [-0.05, 0) is 37.3 Å². The highest BCUT2D eigenvalue weighted by atomic mass is 19.4. The van der Waals surface area contributed by atoms with E-state index < -0.39 is 24.0 Å². The summed E-state index contributed by atoms with van der Waals surface area (Å²) in [5, 5.41) is 9.94. The summed E-state index contributed by atoms with van der Waals surface area (Å²) in [5.41, 5.74) is -0.910. The number of alkyl halides is 6. The van der Waals surface area contributed by atoms with Gasteiger partial charge in [-0.3, -0.25) is 0 Å². The predicted octanol–water partition coefficient (Wildman–Crippen LogP) is 5.53. The predicted molar refractivity (Wildman–Crippen MR) is 91.3 cm³/mol. The van der Waals surface area contributed by atoms with Crippen molar-refractivity contribution in [3.8, 4) is 22.9 Å². The normalized spacial score (nSPS) is 12.2. The van der Waals surface area contributed by atoms with Crippen molar-refractivity contribution in [2.24, 2.45) is 0 Å². The summed E-state index contributed by atoms with van der Waals surface area (Å²) in [7, 11) is 0. The molecule has 0 radical (unpaired) electrons. The van der Waals surface area contributed by atoms with E-state index in [1.54, 1.807) is 6.07 Å². The van der Waals surface area contributed by atoms with Crippen LogP contribution < -0.4 is 4.74 Å². The molecule has 4 nitrogen and oxygen atoms in total. The molecule has 10 heteroatoms. The second kappa shape index (κ2) is 7.34. The molecule has 29 heavy (non-hydrogen) atoms. The largest absolute Gasteiger partial charge is 0.573 e. The van der Waals surface area contributed by atoms with Crippen LogP contribution in [-0.2, 0) is 12.7 Å². The first-order valence-corrected chi connectivity index (χ1v) is 8.23. The highest BCUT2D eigenvalue weighted by molar-refractivity contribution is 5.59. The molecule has 0 saturated heterocycles. The zero-order chi connectivity index (χ0) is 21.4. The van der Waals surface area contributed by atoms with Gasteiger partial charge in [-0.1, -0.05) is 18.2 Å². The first-order valence-electron chi connectivity index (χ1n) is 8.23. The van der Waals surface area contributed by atoms with Crippen molar-refractivity contribution in [3.63, 3.8) is 0 Å². The van der Waals surface area contributed by atoms with Crippen LogP contribution in [0.1, 0.15) is 17.0 Å². The van der Waals surface area contributed by atoms with E-state index in [0.717, 1.165) is 16.7 Å². The maximum atomic E-state index is 13.6. The molecule has 0 saturated carbocycles. The van der Waals surface area contributed by atoms with E-state index in [0.29, 0.717) is 0 Å². The van der Waals surface area contributed by atoms with Gasteiger partial charge in [0.25, 0.3) is 0 Å². The third-order valence-corrected chi connectivity index (χ3v) is 4.08. The van der Waals surface area contributed by atoms with Crippen molar-refractivity contribution < 1.29 is 36.2 Å². The number of aromatic hydroxyl groups is 1. The first-order chi connectivity index (χ1) is 13.5. The Morgan fingerprint density at radius 2 is 1.59 bits per heavy atom. The Labute approximate surface area is 161 Å². The van der Waals surface area contributed by atoms with Crippen LogP contribution in [0.4, 0.5) is 26.3 Å². The van der Waals surface area contributed by atoms with Crippen LogP contribution in [0.15, 0.2) is 48.5 Å². The quantitative estimate of drug-likeness (QED) is 0.569. The molecule has 3 aromatic rings. The van der Waals surface area contributed by atoms with Gasteiger partial charge in [0.1, 0.15) is 23.0 Å². The molecule has 2 aromatic carbocycles. The molecule has 1 heterocycles. The van der Waals surface area contributed by atoms with Crippen molar-refractivity contribution in [2.75, 3.05) is 0 Å². The molecule has 0 unspecified atom stereocenters. The first kappa shape index (κ1) is 20.6. The molecule has 154 valence electrons. The van der Waals surface area contributed by atoms with Crippen molar-refractivity contribution in [1.29, 1.82) is 0 Å². The number of phenolic OH excluding ortho intramolecular Hbond substituents is 1. The number of nitrogens with zero attached hydrogens (tertiary/aromatic N) is 2. The van der Waals surface area contributed by atoms with E-state index in [9.17, 15) is 31.4 Å². The number of hydrogen-bond acceptors (Lipinski definition) is 3. The van der Waals surface area contributed by atoms with Gasteiger partial charge < -0.3 is 14.4 Å². The zero-order valence-electron chi connectivity index (χ0n) is 14.8. The van der Waals surface area contributed by atoms with Gasteiger partial charge in [0.15, 0.2) is 0 Å². The van der Waals surface area contributed by atoms with E-state index in [1.165, 1.54) is 37.3 Å². The van der Waals surface area contributed by atoms with Crippen molar-refractivity contribution in [1.82, 2.24) is 9.55 Å². The van der Waals surface area contributed by atoms with Crippen LogP contribution in [0.25, 0.3) is 11.4 Å². The standard InChI is InChI=1S/C19H14F6N2O2/c1-11-16(18(20,21)22)27(10-13-4-2-3-5-15(13)28)17(26-11)12-6-8-14(9-7-12)29-19(23,24)25/h2-9,28H,10H2,1H3. The lowest BCUT2D eigenvalue weighted by atomic mass is 10.1. The molecule has 0 aliphatic rings. The molecule has 1 N–H and O–H groups in total. The van der Waals surface area contributed by atoms with Crippen LogP contribution in [0.5, 0.6) is 11.5 Å². The number of aromatic nitrogens is 2. The van der Waals surface area contributed by atoms with Crippen molar-refractivity contribution >= 4 is 0 Å². The Bertz CT molecular complexity index is 1010. The number of aryl methyl sites for hydroxylation is 1. The van der Waals surface area contributed by atoms with Crippen LogP contribution in [0.3, 0.4) is 0 Å². The molecular weight excluding hydrogens is 402 g/mol. The fraction of sp³-hybridized carbons (Fsp3) is 0.211. The third kappa shape index (κ3) is 4.64. The minimum Gasteiger partial charge on any atom is -0.508 e. The summed E-state index contributed by atoms with van der Waals surface area (Å²) in [6.45, 7) is 0.854. The highest BCUT2D eigenvalue weighted by Gasteiger charge is 2.39. The fourth-order valence-corrected chi connectivity index (χ4v) is 2.93. The Hall–Kier alpha value is -3.17. The van der Waals surface area contributed by atoms with Gasteiger partial charge in [0.05, 0.1) is 12.2 Å². The minimum absolute atomic E-state index is 0.100. The van der Waals surface area contributed by atoms with Crippen molar-refractivity contribution in [2.45, 2.75) is 26.0 Å². The van der Waals surface area contributed by atoms with E-state index in [4.69, 9.17) is 0 Å². The van der Waals surface area contributed by atoms with Crippen molar-refractivity contribution in [3.05, 3.63) is 65.5 Å². The zero-order valence-corrected chi connectivity index (χ0v) is 14.8. The molecule has 0 aliphatic heterocycles. The van der Waals surface area contributed by atoms with E-state index in [2.05, 4.69) is 9.72 Å². The highest BCUT2D eigenvalue weighted by Crippen LogP contribution is 2.37. The SMILES string of the molecule is Cc1nc(-c2ccc(OC(F)(F)F)cc2)n(Cc2ccccc2O)c1C(F)(F)F. The molecule has 0 amide bonds. The molecular formula is C19H14F6N2O2. The molecule has 0 spiro atoms. The molecule has 1 aromatic heterocycles. The van der Waals surface area contributed by atoms with Gasteiger partial charge in [0.2, 0.25) is 0 Å². The Balaban J connectivity index is 2.08. The number of benzene rings is 2. The van der Waals surface area contributed by atoms with E-state index >= 15 is 0 Å². The molecule has 0 fully saturated rings. The summed E-state index contributed by atoms with van der Waals surface area (Å²) in [6.07, 6.45) is -9.61. The second-order valence-electron chi connectivity index (χ2n) is 6.15.